The first-order valence-corrected chi connectivity index (χ1v) is 10.6. The Labute approximate surface area is 188 Å². The van der Waals surface area contributed by atoms with Crippen molar-refractivity contribution in [1.82, 2.24) is 30.3 Å². The van der Waals surface area contributed by atoms with Crippen LogP contribution < -0.4 is 14.8 Å². The molecule has 2 amide bonds. The highest BCUT2D eigenvalue weighted by Gasteiger charge is 2.36. The number of ether oxygens (including phenoxy) is 2. The minimum absolute atomic E-state index is 0.192. The number of H-pyrrole nitrogens is 1. The van der Waals surface area contributed by atoms with Crippen LogP contribution in [0.15, 0.2) is 59.4 Å². The van der Waals surface area contributed by atoms with Gasteiger partial charge in [0.1, 0.15) is 6.04 Å². The van der Waals surface area contributed by atoms with Crippen molar-refractivity contribution in [3.05, 3.63) is 77.7 Å². The van der Waals surface area contributed by atoms with Gasteiger partial charge >= 0.3 is 6.03 Å². The minimum Gasteiger partial charge on any atom is -0.454 e. The molecule has 2 aliphatic rings. The third-order valence-electron chi connectivity index (χ3n) is 5.80. The van der Waals surface area contributed by atoms with Crippen molar-refractivity contribution in [3.63, 3.8) is 0 Å². The van der Waals surface area contributed by atoms with Gasteiger partial charge in [-0.15, -0.1) is 0 Å². The number of amides is 2. The summed E-state index contributed by atoms with van der Waals surface area (Å²) >= 11 is 0. The third kappa shape index (κ3) is 3.65. The monoisotopic (exact) mass is 444 g/mol. The quantitative estimate of drug-likeness (QED) is 0.496. The zero-order valence-corrected chi connectivity index (χ0v) is 17.5. The highest BCUT2D eigenvalue weighted by molar-refractivity contribution is 5.75. The Morgan fingerprint density at radius 3 is 2.94 bits per heavy atom. The lowest BCUT2D eigenvalue weighted by atomic mass is 10.0. The standard InChI is InChI=1S/C23H20N6O4/c30-23(24-10-14-4-2-1-3-5-14)29-11-17-16(25-12-26-17)9-18(29)22-27-21(28-33-22)15-6-7-19-20(8-15)32-13-31-19/h1-8,12,18H,9-11,13H2,(H,24,30)(H,25,26)/t18-/m0/s1. The molecule has 0 bridgehead atoms. The SMILES string of the molecule is O=C(NCc1ccccc1)N1Cc2[nH]cnc2C[C@H]1c1nc(-c2ccc3c(c2)OCO3)no1. The van der Waals surface area contributed by atoms with Crippen molar-refractivity contribution in [2.24, 2.45) is 0 Å². The number of fused-ring (bicyclic) bond motifs is 2. The summed E-state index contributed by atoms with van der Waals surface area (Å²) in [5.41, 5.74) is 3.54. The second-order valence-corrected chi connectivity index (χ2v) is 7.84. The van der Waals surface area contributed by atoms with Gasteiger partial charge in [-0.25, -0.2) is 9.78 Å². The smallest absolute Gasteiger partial charge is 0.318 e. The summed E-state index contributed by atoms with van der Waals surface area (Å²) in [6.45, 7) is 0.977. The van der Waals surface area contributed by atoms with E-state index in [0.717, 1.165) is 22.5 Å². The minimum atomic E-state index is -0.438. The Morgan fingerprint density at radius 2 is 2.03 bits per heavy atom. The lowest BCUT2D eigenvalue weighted by Crippen LogP contribution is -2.44. The van der Waals surface area contributed by atoms with E-state index >= 15 is 0 Å². The van der Waals surface area contributed by atoms with E-state index in [4.69, 9.17) is 14.0 Å². The van der Waals surface area contributed by atoms with Gasteiger partial charge in [0.05, 0.1) is 24.3 Å². The third-order valence-corrected chi connectivity index (χ3v) is 5.80. The van der Waals surface area contributed by atoms with Crippen LogP contribution in [-0.2, 0) is 19.5 Å². The number of nitrogens with zero attached hydrogens (tertiary/aromatic N) is 4. The molecular weight excluding hydrogens is 424 g/mol. The molecule has 4 aromatic rings. The number of carbonyl (C=O) groups excluding carboxylic acids is 1. The van der Waals surface area contributed by atoms with E-state index in [1.807, 2.05) is 48.5 Å². The van der Waals surface area contributed by atoms with Crippen molar-refractivity contribution in [2.75, 3.05) is 6.79 Å². The Balaban J connectivity index is 1.26. The maximum atomic E-state index is 13.2. The lowest BCUT2D eigenvalue weighted by molar-refractivity contribution is 0.143. The van der Waals surface area contributed by atoms with Crippen LogP contribution in [0.3, 0.4) is 0 Å². The molecule has 0 saturated heterocycles. The summed E-state index contributed by atoms with van der Waals surface area (Å²) in [7, 11) is 0. The summed E-state index contributed by atoms with van der Waals surface area (Å²) in [6, 6.07) is 14.6. The van der Waals surface area contributed by atoms with Crippen LogP contribution in [0.2, 0.25) is 0 Å². The van der Waals surface area contributed by atoms with Gasteiger partial charge in [-0.1, -0.05) is 35.5 Å². The van der Waals surface area contributed by atoms with Crippen molar-refractivity contribution >= 4 is 6.03 Å². The fraction of sp³-hybridized carbons (Fsp3) is 0.217. The highest BCUT2D eigenvalue weighted by atomic mass is 16.7. The van der Waals surface area contributed by atoms with E-state index in [2.05, 4.69) is 25.4 Å². The molecule has 10 nitrogen and oxygen atoms in total. The molecular formula is C23H20N6O4. The second kappa shape index (κ2) is 7.97. The van der Waals surface area contributed by atoms with Crippen LogP contribution in [-0.4, -0.2) is 37.8 Å². The maximum absolute atomic E-state index is 13.2. The first-order valence-electron chi connectivity index (χ1n) is 10.6. The first-order chi connectivity index (χ1) is 16.2. The van der Waals surface area contributed by atoms with E-state index in [0.29, 0.717) is 42.7 Å². The fourth-order valence-corrected chi connectivity index (χ4v) is 4.07. The van der Waals surface area contributed by atoms with Gasteiger partial charge in [0.25, 0.3) is 0 Å². The molecule has 0 aliphatic carbocycles. The van der Waals surface area contributed by atoms with Crippen molar-refractivity contribution in [1.29, 1.82) is 0 Å². The zero-order valence-electron chi connectivity index (χ0n) is 17.5. The Hall–Kier alpha value is -4.34. The lowest BCUT2D eigenvalue weighted by Gasteiger charge is -2.32. The van der Waals surface area contributed by atoms with E-state index in [-0.39, 0.29) is 12.8 Å². The number of aromatic amines is 1. The van der Waals surface area contributed by atoms with Crippen molar-refractivity contribution in [3.8, 4) is 22.9 Å². The number of imidazole rings is 1. The number of hydrogen-bond acceptors (Lipinski definition) is 7. The summed E-state index contributed by atoms with van der Waals surface area (Å²) in [4.78, 5) is 27.0. The van der Waals surface area contributed by atoms with Crippen LogP contribution in [0.5, 0.6) is 11.5 Å². The highest BCUT2D eigenvalue weighted by Crippen LogP contribution is 2.36. The molecule has 1 atom stereocenters. The molecule has 2 aromatic carbocycles. The largest absolute Gasteiger partial charge is 0.454 e. The summed E-state index contributed by atoms with van der Waals surface area (Å²) in [5.74, 6) is 2.09. The molecule has 0 spiro atoms. The maximum Gasteiger partial charge on any atom is 0.318 e. The molecule has 0 unspecified atom stereocenters. The molecule has 33 heavy (non-hydrogen) atoms. The van der Waals surface area contributed by atoms with E-state index in [1.54, 1.807) is 11.2 Å². The van der Waals surface area contributed by atoms with Crippen molar-refractivity contribution in [2.45, 2.75) is 25.6 Å². The second-order valence-electron chi connectivity index (χ2n) is 7.84. The van der Waals surface area contributed by atoms with Crippen LogP contribution in [0.25, 0.3) is 11.4 Å². The molecule has 2 aromatic heterocycles. The number of hydrogen-bond donors (Lipinski definition) is 2. The predicted molar refractivity (Wildman–Crippen MR) is 115 cm³/mol. The molecule has 2 N–H and O–H groups in total. The Morgan fingerprint density at radius 1 is 1.15 bits per heavy atom. The number of carbonyl (C=O) groups is 1. The van der Waals surface area contributed by atoms with Gasteiger partial charge in [-0.05, 0) is 23.8 Å². The Bertz CT molecular complexity index is 1300. The van der Waals surface area contributed by atoms with E-state index < -0.39 is 6.04 Å². The van der Waals surface area contributed by atoms with Gasteiger partial charge in [0.2, 0.25) is 18.5 Å². The number of aromatic nitrogens is 4. The van der Waals surface area contributed by atoms with Crippen LogP contribution in [0, 0.1) is 0 Å². The van der Waals surface area contributed by atoms with Crippen LogP contribution >= 0.6 is 0 Å². The summed E-state index contributed by atoms with van der Waals surface area (Å²) in [5, 5.41) is 7.14. The normalized spacial score (nSPS) is 16.5. The molecule has 2 aliphatic heterocycles. The number of benzene rings is 2. The average molecular weight is 444 g/mol. The molecule has 6 rings (SSSR count). The van der Waals surface area contributed by atoms with Gasteiger partial charge in [-0.3, -0.25) is 0 Å². The van der Waals surface area contributed by atoms with Gasteiger partial charge in [-0.2, -0.15) is 4.98 Å². The van der Waals surface area contributed by atoms with Gasteiger partial charge in [0.15, 0.2) is 11.5 Å². The number of nitrogens with one attached hydrogen (secondary N) is 2. The average Bonchev–Trinajstić information content (AvgIpc) is 3.62. The molecule has 10 heteroatoms. The topological polar surface area (TPSA) is 118 Å². The fourth-order valence-electron chi connectivity index (χ4n) is 4.07. The molecule has 4 heterocycles. The van der Waals surface area contributed by atoms with Crippen molar-refractivity contribution < 1.29 is 18.8 Å². The van der Waals surface area contributed by atoms with Gasteiger partial charge in [0, 0.05) is 18.5 Å². The summed E-state index contributed by atoms with van der Waals surface area (Å²) in [6.07, 6.45) is 2.11. The van der Waals surface area contributed by atoms with Crippen LogP contribution in [0.1, 0.15) is 28.9 Å². The molecule has 166 valence electrons. The predicted octanol–water partition coefficient (Wildman–Crippen LogP) is 3.20. The summed E-state index contributed by atoms with van der Waals surface area (Å²) < 4.78 is 16.4. The zero-order chi connectivity index (χ0) is 22.2. The van der Waals surface area contributed by atoms with Crippen LogP contribution in [0.4, 0.5) is 4.79 Å². The Kier molecular flexibility index (Phi) is 4.68. The number of rotatable bonds is 4. The van der Waals surface area contributed by atoms with E-state index in [9.17, 15) is 4.79 Å². The first kappa shape index (κ1) is 19.4. The molecule has 0 fully saturated rings. The van der Waals surface area contributed by atoms with Gasteiger partial charge < -0.3 is 29.2 Å². The molecule has 0 radical (unpaired) electrons. The number of urea groups is 1. The van der Waals surface area contributed by atoms with E-state index in [1.165, 1.54) is 0 Å². The molecule has 0 saturated carbocycles.